The Labute approximate surface area is 97.4 Å². The third-order valence-electron chi connectivity index (χ3n) is 2.56. The maximum Gasteiger partial charge on any atom is 0.129 e. The number of benzene rings is 1. The first kappa shape index (κ1) is 12.6. The van der Waals surface area contributed by atoms with E-state index in [4.69, 9.17) is 5.73 Å². The highest BCUT2D eigenvalue weighted by Crippen LogP contribution is 2.35. The van der Waals surface area contributed by atoms with Crippen LogP contribution in [-0.2, 0) is 0 Å². The van der Waals surface area contributed by atoms with E-state index in [2.05, 4.69) is 15.9 Å². The fraction of sp³-hybridized carbons (Fsp3) is 0.455. The molecule has 0 radical (unpaired) electrons. The topological polar surface area (TPSA) is 46.2 Å². The Bertz CT molecular complexity index is 334. The molecule has 1 aromatic carbocycles. The van der Waals surface area contributed by atoms with Gasteiger partial charge in [-0.2, -0.15) is 0 Å². The summed E-state index contributed by atoms with van der Waals surface area (Å²) < 4.78 is 14.2. The van der Waals surface area contributed by atoms with Crippen LogP contribution in [0.2, 0.25) is 0 Å². The van der Waals surface area contributed by atoms with Crippen LogP contribution in [-0.4, -0.2) is 11.7 Å². The summed E-state index contributed by atoms with van der Waals surface area (Å²) in [6.45, 7) is 3.52. The fourth-order valence-corrected chi connectivity index (χ4v) is 1.89. The summed E-state index contributed by atoms with van der Waals surface area (Å²) >= 11 is 3.27. The minimum absolute atomic E-state index is 0.0884. The van der Waals surface area contributed by atoms with Crippen molar-refractivity contribution in [3.05, 3.63) is 34.1 Å². The molecule has 1 aromatic rings. The summed E-state index contributed by atoms with van der Waals surface area (Å²) in [5.41, 5.74) is 5.82. The highest BCUT2D eigenvalue weighted by atomic mass is 79.9. The molecule has 0 fully saturated rings. The van der Waals surface area contributed by atoms with Gasteiger partial charge >= 0.3 is 0 Å². The molecular weight excluding hydrogens is 261 g/mol. The number of hydrogen-bond donors (Lipinski definition) is 2. The lowest BCUT2D eigenvalue weighted by Crippen LogP contribution is -2.33. The normalized spacial score (nSPS) is 14.0. The molecule has 0 bridgehead atoms. The lowest BCUT2D eigenvalue weighted by atomic mass is 9.81. The van der Waals surface area contributed by atoms with Crippen molar-refractivity contribution in [1.29, 1.82) is 0 Å². The smallest absolute Gasteiger partial charge is 0.129 e. The van der Waals surface area contributed by atoms with E-state index in [9.17, 15) is 9.50 Å². The van der Waals surface area contributed by atoms with Crippen molar-refractivity contribution in [1.82, 2.24) is 0 Å². The maximum absolute atomic E-state index is 13.6. The molecular formula is C11H15BrFNO. The molecule has 1 atom stereocenters. The van der Waals surface area contributed by atoms with E-state index in [1.807, 2.05) is 0 Å². The molecule has 15 heavy (non-hydrogen) atoms. The zero-order valence-electron chi connectivity index (χ0n) is 8.80. The highest BCUT2D eigenvalue weighted by molar-refractivity contribution is 9.10. The van der Waals surface area contributed by atoms with Crippen molar-refractivity contribution >= 4 is 15.9 Å². The first-order valence-electron chi connectivity index (χ1n) is 4.70. The number of aliphatic hydroxyl groups is 1. The van der Waals surface area contributed by atoms with E-state index in [1.165, 1.54) is 6.07 Å². The van der Waals surface area contributed by atoms with Crippen LogP contribution < -0.4 is 5.73 Å². The lowest BCUT2D eigenvalue weighted by molar-refractivity contribution is 0.130. The molecule has 0 saturated heterocycles. The standard InChI is InChI=1S/C11H15BrFNO/c1-11(2,6-15)10(14)9-7(12)4-3-5-8(9)13/h3-5,10,15H,6,14H2,1-2H3/t10-/m0/s1. The second-order valence-electron chi connectivity index (χ2n) is 4.26. The van der Waals surface area contributed by atoms with E-state index >= 15 is 0 Å². The molecule has 0 amide bonds. The summed E-state index contributed by atoms with van der Waals surface area (Å²) in [6.07, 6.45) is 0. The SMILES string of the molecule is CC(C)(CO)[C@@H](N)c1c(F)cccc1Br. The molecule has 84 valence electrons. The third kappa shape index (κ3) is 2.56. The van der Waals surface area contributed by atoms with Gasteiger partial charge in [0.15, 0.2) is 0 Å². The van der Waals surface area contributed by atoms with E-state index in [-0.39, 0.29) is 12.4 Å². The Hall–Kier alpha value is -0.450. The Morgan fingerprint density at radius 3 is 2.60 bits per heavy atom. The second kappa shape index (κ2) is 4.60. The molecule has 0 unspecified atom stereocenters. The molecule has 4 heteroatoms. The van der Waals surface area contributed by atoms with Crippen LogP contribution in [0.15, 0.2) is 22.7 Å². The minimum atomic E-state index is -0.551. The lowest BCUT2D eigenvalue weighted by Gasteiger charge is -2.30. The van der Waals surface area contributed by atoms with Gasteiger partial charge in [-0.25, -0.2) is 4.39 Å². The van der Waals surface area contributed by atoms with Gasteiger partial charge < -0.3 is 10.8 Å². The van der Waals surface area contributed by atoms with Gasteiger partial charge in [0.1, 0.15) is 5.82 Å². The molecule has 0 heterocycles. The Morgan fingerprint density at radius 2 is 2.13 bits per heavy atom. The van der Waals surface area contributed by atoms with E-state index in [0.29, 0.717) is 10.0 Å². The molecule has 0 aliphatic heterocycles. The number of rotatable bonds is 3. The van der Waals surface area contributed by atoms with Crippen LogP contribution in [0, 0.1) is 11.2 Å². The summed E-state index contributed by atoms with van der Waals surface area (Å²) in [4.78, 5) is 0. The summed E-state index contributed by atoms with van der Waals surface area (Å²) in [5.74, 6) is -0.349. The monoisotopic (exact) mass is 275 g/mol. The molecule has 0 aromatic heterocycles. The van der Waals surface area contributed by atoms with Crippen molar-refractivity contribution in [2.75, 3.05) is 6.61 Å². The van der Waals surface area contributed by atoms with Crippen molar-refractivity contribution in [2.45, 2.75) is 19.9 Å². The molecule has 2 nitrogen and oxygen atoms in total. The average Bonchev–Trinajstić information content (AvgIpc) is 2.17. The van der Waals surface area contributed by atoms with Gasteiger partial charge in [0.2, 0.25) is 0 Å². The number of aliphatic hydroxyl groups excluding tert-OH is 1. The largest absolute Gasteiger partial charge is 0.396 e. The van der Waals surface area contributed by atoms with Gasteiger partial charge in [0.05, 0.1) is 0 Å². The Balaban J connectivity index is 3.16. The zero-order chi connectivity index (χ0) is 11.6. The van der Waals surface area contributed by atoms with Gasteiger partial charge in [0.25, 0.3) is 0 Å². The van der Waals surface area contributed by atoms with E-state index < -0.39 is 11.5 Å². The Kier molecular flexibility index (Phi) is 3.87. The molecule has 0 aliphatic carbocycles. The third-order valence-corrected chi connectivity index (χ3v) is 3.25. The first-order valence-corrected chi connectivity index (χ1v) is 5.50. The van der Waals surface area contributed by atoms with Crippen molar-refractivity contribution in [3.8, 4) is 0 Å². The van der Waals surface area contributed by atoms with Gasteiger partial charge in [-0.1, -0.05) is 35.8 Å². The molecule has 0 aliphatic rings. The van der Waals surface area contributed by atoms with Crippen molar-refractivity contribution in [3.63, 3.8) is 0 Å². The summed E-state index contributed by atoms with van der Waals surface area (Å²) in [5, 5.41) is 9.19. The maximum atomic E-state index is 13.6. The highest BCUT2D eigenvalue weighted by Gasteiger charge is 2.30. The predicted octanol–water partition coefficient (Wildman–Crippen LogP) is 2.61. The quantitative estimate of drug-likeness (QED) is 0.891. The molecule has 1 rings (SSSR count). The second-order valence-corrected chi connectivity index (χ2v) is 5.11. The van der Waals surface area contributed by atoms with Gasteiger partial charge in [0, 0.05) is 28.1 Å². The number of hydrogen-bond acceptors (Lipinski definition) is 2. The van der Waals surface area contributed by atoms with E-state index in [1.54, 1.807) is 26.0 Å². The van der Waals surface area contributed by atoms with Crippen LogP contribution in [0.3, 0.4) is 0 Å². The van der Waals surface area contributed by atoms with Crippen LogP contribution in [0.5, 0.6) is 0 Å². The van der Waals surface area contributed by atoms with Crippen LogP contribution in [0.25, 0.3) is 0 Å². The number of halogens is 2. The molecule has 3 N–H and O–H groups in total. The van der Waals surface area contributed by atoms with Crippen LogP contribution in [0.1, 0.15) is 25.5 Å². The van der Waals surface area contributed by atoms with Gasteiger partial charge in [-0.15, -0.1) is 0 Å². The fourth-order valence-electron chi connectivity index (χ4n) is 1.30. The number of nitrogens with two attached hydrogens (primary N) is 1. The van der Waals surface area contributed by atoms with Crippen molar-refractivity contribution < 1.29 is 9.50 Å². The first-order chi connectivity index (χ1) is 6.90. The Morgan fingerprint density at radius 1 is 1.53 bits per heavy atom. The summed E-state index contributed by atoms with van der Waals surface area (Å²) in [6, 6.07) is 4.18. The average molecular weight is 276 g/mol. The van der Waals surface area contributed by atoms with Crippen LogP contribution >= 0.6 is 15.9 Å². The van der Waals surface area contributed by atoms with Crippen LogP contribution in [0.4, 0.5) is 4.39 Å². The van der Waals surface area contributed by atoms with E-state index in [0.717, 1.165) is 0 Å². The molecule has 0 spiro atoms. The summed E-state index contributed by atoms with van der Waals surface area (Å²) in [7, 11) is 0. The predicted molar refractivity (Wildman–Crippen MR) is 61.9 cm³/mol. The minimum Gasteiger partial charge on any atom is -0.396 e. The van der Waals surface area contributed by atoms with Gasteiger partial charge in [-0.05, 0) is 12.1 Å². The zero-order valence-corrected chi connectivity index (χ0v) is 10.4. The van der Waals surface area contributed by atoms with Crippen molar-refractivity contribution in [2.24, 2.45) is 11.1 Å². The molecule has 0 saturated carbocycles. The van der Waals surface area contributed by atoms with Gasteiger partial charge in [-0.3, -0.25) is 0 Å².